The van der Waals surface area contributed by atoms with E-state index in [1.54, 1.807) is 0 Å². The monoisotopic (exact) mass is 272 g/mol. The van der Waals surface area contributed by atoms with E-state index < -0.39 is 16.0 Å². The average Bonchev–Trinajstić information content (AvgIpc) is 2.24. The second-order valence-corrected chi connectivity index (χ2v) is 5.87. The van der Waals surface area contributed by atoms with E-state index in [1.165, 1.54) is 12.1 Å². The first-order valence-corrected chi connectivity index (χ1v) is 6.90. The third kappa shape index (κ3) is 3.71. The van der Waals surface area contributed by atoms with Crippen LogP contribution in [0.25, 0.3) is 0 Å². The number of nitrogens with two attached hydrogens (primary N) is 1. The highest BCUT2D eigenvalue weighted by Crippen LogP contribution is 2.22. The lowest BCUT2D eigenvalue weighted by Crippen LogP contribution is -2.17. The van der Waals surface area contributed by atoms with Gasteiger partial charge in [0.2, 0.25) is 10.0 Å². The molecule has 0 radical (unpaired) electrons. The first kappa shape index (κ1) is 14.5. The van der Waals surface area contributed by atoms with Crippen molar-refractivity contribution >= 4 is 21.7 Å². The number of benzene rings is 1. The van der Waals surface area contributed by atoms with Crippen LogP contribution in [-0.4, -0.2) is 26.0 Å². The number of sulfonamides is 1. The Hall–Kier alpha value is -1.60. The first-order chi connectivity index (χ1) is 8.21. The number of rotatable bonds is 5. The molecule has 0 saturated heterocycles. The average molecular weight is 272 g/mol. The van der Waals surface area contributed by atoms with Crippen LogP contribution >= 0.6 is 0 Å². The molecule has 0 aliphatic heterocycles. The number of hydrogen-bond donors (Lipinski definition) is 3. The van der Waals surface area contributed by atoms with Crippen LogP contribution in [-0.2, 0) is 10.0 Å². The van der Waals surface area contributed by atoms with Crippen molar-refractivity contribution in [3.8, 4) is 0 Å². The molecule has 0 atom stereocenters. The Labute approximate surface area is 106 Å². The van der Waals surface area contributed by atoms with Gasteiger partial charge in [-0.3, -0.25) is 0 Å². The largest absolute Gasteiger partial charge is 0.478 e. The van der Waals surface area contributed by atoms with Crippen molar-refractivity contribution in [2.75, 3.05) is 11.9 Å². The van der Waals surface area contributed by atoms with Gasteiger partial charge in [0.15, 0.2) is 0 Å². The van der Waals surface area contributed by atoms with Crippen molar-refractivity contribution in [1.82, 2.24) is 0 Å². The van der Waals surface area contributed by atoms with E-state index in [-0.39, 0.29) is 10.5 Å². The molecule has 0 fully saturated rings. The quantitative estimate of drug-likeness (QED) is 0.743. The third-order valence-electron chi connectivity index (χ3n) is 2.24. The minimum atomic E-state index is -3.96. The van der Waals surface area contributed by atoms with Gasteiger partial charge in [0.25, 0.3) is 0 Å². The molecule has 18 heavy (non-hydrogen) atoms. The smallest absolute Gasteiger partial charge is 0.335 e. The second kappa shape index (κ2) is 5.36. The Morgan fingerprint density at radius 3 is 2.50 bits per heavy atom. The second-order valence-electron chi connectivity index (χ2n) is 4.34. The van der Waals surface area contributed by atoms with Gasteiger partial charge in [0, 0.05) is 6.54 Å². The Kier molecular flexibility index (Phi) is 4.31. The van der Waals surface area contributed by atoms with E-state index >= 15 is 0 Å². The van der Waals surface area contributed by atoms with Crippen LogP contribution < -0.4 is 10.5 Å². The van der Waals surface area contributed by atoms with E-state index in [1.807, 2.05) is 13.8 Å². The van der Waals surface area contributed by atoms with Gasteiger partial charge in [0.1, 0.15) is 4.90 Å². The summed E-state index contributed by atoms with van der Waals surface area (Å²) in [6.07, 6.45) is 0. The number of carboxylic acids is 1. The van der Waals surface area contributed by atoms with Gasteiger partial charge in [-0.25, -0.2) is 18.4 Å². The number of hydrogen-bond acceptors (Lipinski definition) is 4. The SMILES string of the molecule is CC(C)CNc1ccc(C(=O)O)cc1S(N)(=O)=O. The highest BCUT2D eigenvalue weighted by atomic mass is 32.2. The Morgan fingerprint density at radius 1 is 1.44 bits per heavy atom. The van der Waals surface area contributed by atoms with Crippen molar-refractivity contribution in [3.05, 3.63) is 23.8 Å². The van der Waals surface area contributed by atoms with E-state index in [0.29, 0.717) is 18.2 Å². The normalized spacial score (nSPS) is 11.6. The van der Waals surface area contributed by atoms with Gasteiger partial charge >= 0.3 is 5.97 Å². The molecule has 0 aliphatic carbocycles. The molecule has 0 heterocycles. The van der Waals surface area contributed by atoms with Crippen molar-refractivity contribution in [3.63, 3.8) is 0 Å². The molecule has 0 unspecified atom stereocenters. The Bertz CT molecular complexity index is 552. The molecule has 0 spiro atoms. The first-order valence-electron chi connectivity index (χ1n) is 5.36. The van der Waals surface area contributed by atoms with Crippen LogP contribution in [0, 0.1) is 5.92 Å². The molecule has 0 saturated carbocycles. The van der Waals surface area contributed by atoms with Crippen molar-refractivity contribution < 1.29 is 18.3 Å². The molecular formula is C11H16N2O4S. The van der Waals surface area contributed by atoms with Crippen LogP contribution in [0.4, 0.5) is 5.69 Å². The topological polar surface area (TPSA) is 109 Å². The zero-order valence-electron chi connectivity index (χ0n) is 10.2. The molecule has 1 aromatic rings. The van der Waals surface area contributed by atoms with E-state index in [0.717, 1.165) is 6.07 Å². The van der Waals surface area contributed by atoms with Crippen LogP contribution in [0.5, 0.6) is 0 Å². The van der Waals surface area contributed by atoms with Gasteiger partial charge in [-0.2, -0.15) is 0 Å². The molecule has 100 valence electrons. The number of anilines is 1. The lowest BCUT2D eigenvalue weighted by atomic mass is 10.2. The van der Waals surface area contributed by atoms with Crippen molar-refractivity contribution in [1.29, 1.82) is 0 Å². The molecule has 4 N–H and O–H groups in total. The number of carbonyl (C=O) groups is 1. The molecular weight excluding hydrogens is 256 g/mol. The highest BCUT2D eigenvalue weighted by molar-refractivity contribution is 7.89. The summed E-state index contributed by atoms with van der Waals surface area (Å²) in [4.78, 5) is 10.6. The third-order valence-corrected chi connectivity index (χ3v) is 3.19. The molecule has 0 aromatic heterocycles. The Balaban J connectivity index is 3.22. The predicted octanol–water partition coefficient (Wildman–Crippen LogP) is 1.10. The van der Waals surface area contributed by atoms with E-state index in [4.69, 9.17) is 10.2 Å². The molecule has 0 aliphatic rings. The van der Waals surface area contributed by atoms with Gasteiger partial charge < -0.3 is 10.4 Å². The van der Waals surface area contributed by atoms with Crippen LogP contribution in [0.1, 0.15) is 24.2 Å². The fraction of sp³-hybridized carbons (Fsp3) is 0.364. The van der Waals surface area contributed by atoms with E-state index in [9.17, 15) is 13.2 Å². The van der Waals surface area contributed by atoms with Crippen LogP contribution in [0.3, 0.4) is 0 Å². The lowest BCUT2D eigenvalue weighted by Gasteiger charge is -2.13. The summed E-state index contributed by atoms with van der Waals surface area (Å²) in [5.41, 5.74) is 0.199. The maximum absolute atomic E-state index is 11.4. The van der Waals surface area contributed by atoms with Crippen LogP contribution in [0.2, 0.25) is 0 Å². The minimum Gasteiger partial charge on any atom is -0.478 e. The standard InChI is InChI=1S/C11H16N2O4S/c1-7(2)6-13-9-4-3-8(11(14)15)5-10(9)18(12,16)17/h3-5,7,13H,6H2,1-2H3,(H,14,15)(H2,12,16,17). The molecule has 7 heteroatoms. The summed E-state index contributed by atoms with van der Waals surface area (Å²) in [7, 11) is -3.96. The molecule has 1 aromatic carbocycles. The summed E-state index contributed by atoms with van der Waals surface area (Å²) in [5.74, 6) is -0.882. The molecule has 0 amide bonds. The fourth-order valence-electron chi connectivity index (χ4n) is 1.35. The van der Waals surface area contributed by atoms with Gasteiger partial charge in [0.05, 0.1) is 11.3 Å². The summed E-state index contributed by atoms with van der Waals surface area (Å²) >= 11 is 0. The zero-order chi connectivity index (χ0) is 13.9. The van der Waals surface area contributed by atoms with Gasteiger partial charge in [-0.15, -0.1) is 0 Å². The lowest BCUT2D eigenvalue weighted by molar-refractivity contribution is 0.0696. The van der Waals surface area contributed by atoms with E-state index in [2.05, 4.69) is 5.32 Å². The number of primary sulfonamides is 1. The zero-order valence-corrected chi connectivity index (χ0v) is 11.0. The van der Waals surface area contributed by atoms with Crippen molar-refractivity contribution in [2.45, 2.75) is 18.7 Å². The Morgan fingerprint density at radius 2 is 2.06 bits per heavy atom. The summed E-state index contributed by atoms with van der Waals surface area (Å²) in [6, 6.07) is 3.80. The maximum atomic E-state index is 11.4. The highest BCUT2D eigenvalue weighted by Gasteiger charge is 2.17. The van der Waals surface area contributed by atoms with Crippen molar-refractivity contribution in [2.24, 2.45) is 11.1 Å². The van der Waals surface area contributed by atoms with Crippen LogP contribution in [0.15, 0.2) is 23.1 Å². The fourth-order valence-corrected chi connectivity index (χ4v) is 2.09. The number of aromatic carboxylic acids is 1. The molecule has 6 nitrogen and oxygen atoms in total. The summed E-state index contributed by atoms with van der Waals surface area (Å²) in [6.45, 7) is 4.50. The molecule has 0 bridgehead atoms. The van der Waals surface area contributed by atoms with Gasteiger partial charge in [-0.05, 0) is 24.1 Å². The van der Waals surface area contributed by atoms with Gasteiger partial charge in [-0.1, -0.05) is 13.8 Å². The minimum absolute atomic E-state index is 0.117. The number of nitrogens with one attached hydrogen (secondary N) is 1. The summed E-state index contributed by atoms with van der Waals surface area (Å²) < 4.78 is 22.8. The maximum Gasteiger partial charge on any atom is 0.335 e. The number of carboxylic acid groups (broad SMARTS) is 1. The molecule has 1 rings (SSSR count). The predicted molar refractivity (Wildman–Crippen MR) is 68.1 cm³/mol. The summed E-state index contributed by atoms with van der Waals surface area (Å²) in [5, 5.41) is 16.8.